The molecule has 20 heavy (non-hydrogen) atoms. The minimum absolute atomic E-state index is 0.217. The first-order valence-electron chi connectivity index (χ1n) is 5.45. The van der Waals surface area contributed by atoms with Gasteiger partial charge < -0.3 is 5.11 Å². The van der Waals surface area contributed by atoms with Crippen molar-refractivity contribution in [1.29, 1.82) is 0 Å². The Morgan fingerprint density at radius 3 is 2.50 bits per heavy atom. The van der Waals surface area contributed by atoms with Gasteiger partial charge >= 0.3 is 6.09 Å². The van der Waals surface area contributed by atoms with Crippen molar-refractivity contribution in [3.63, 3.8) is 0 Å². The number of rotatable bonds is 5. The quantitative estimate of drug-likeness (QED) is 0.366. The van der Waals surface area contributed by atoms with Gasteiger partial charge in [0.15, 0.2) is 0 Å². The number of carboxylic acid groups (broad SMARTS) is 1. The van der Waals surface area contributed by atoms with Crippen LogP contribution in [-0.2, 0) is 14.3 Å². The van der Waals surface area contributed by atoms with Gasteiger partial charge in [-0.05, 0) is 12.1 Å². The van der Waals surface area contributed by atoms with Crippen LogP contribution in [0.1, 0.15) is 0 Å². The van der Waals surface area contributed by atoms with E-state index in [-0.39, 0.29) is 23.7 Å². The highest BCUT2D eigenvalue weighted by Gasteiger charge is 2.39. The summed E-state index contributed by atoms with van der Waals surface area (Å²) in [6, 6.07) is 3.76. The fourth-order valence-corrected chi connectivity index (χ4v) is 2.47. The molecule has 108 valence electrons. The number of nitrogens with zero attached hydrogens (tertiary/aromatic N) is 2. The molecule has 1 aromatic rings. The van der Waals surface area contributed by atoms with E-state index in [4.69, 9.17) is 9.29 Å². The summed E-state index contributed by atoms with van der Waals surface area (Å²) >= 11 is 0. The van der Waals surface area contributed by atoms with E-state index < -0.39 is 27.2 Å². The minimum atomic E-state index is -4.05. The number of hydrogen-bond donors (Lipinski definition) is 1. The molecule has 0 bridgehead atoms. The van der Waals surface area contributed by atoms with Crippen LogP contribution in [0, 0.1) is 10.1 Å². The molecule has 0 spiro atoms. The van der Waals surface area contributed by atoms with Crippen molar-refractivity contribution in [3.05, 3.63) is 34.4 Å². The second kappa shape index (κ2) is 5.06. The van der Waals surface area contributed by atoms with Gasteiger partial charge in [-0.25, -0.2) is 4.79 Å². The predicted molar refractivity (Wildman–Crippen MR) is 64.8 cm³/mol. The van der Waals surface area contributed by atoms with Gasteiger partial charge in [0.1, 0.15) is 0 Å². The van der Waals surface area contributed by atoms with E-state index in [1.807, 2.05) is 0 Å². The van der Waals surface area contributed by atoms with Crippen molar-refractivity contribution in [1.82, 2.24) is 4.90 Å². The summed E-state index contributed by atoms with van der Waals surface area (Å²) in [5.74, 6) is 0. The first kappa shape index (κ1) is 14.2. The summed E-state index contributed by atoms with van der Waals surface area (Å²) in [5, 5.41) is 19.1. The number of non-ortho nitro benzene ring substituents is 1. The molecular formula is C10H10N2O7S. The lowest BCUT2D eigenvalue weighted by Crippen LogP contribution is -2.16. The molecule has 1 N–H and O–H groups in total. The van der Waals surface area contributed by atoms with Gasteiger partial charge in [0.05, 0.1) is 22.5 Å². The average Bonchev–Trinajstić information content (AvgIpc) is 3.16. The largest absolute Gasteiger partial charge is 0.465 e. The van der Waals surface area contributed by atoms with Crippen molar-refractivity contribution in [2.75, 3.05) is 13.2 Å². The molecule has 0 saturated carbocycles. The minimum Gasteiger partial charge on any atom is -0.465 e. The lowest BCUT2D eigenvalue weighted by molar-refractivity contribution is -0.384. The van der Waals surface area contributed by atoms with Gasteiger partial charge in [-0.2, -0.15) is 8.42 Å². The molecule has 0 unspecified atom stereocenters. The third-order valence-corrected chi connectivity index (χ3v) is 4.01. The fraction of sp³-hybridized carbons (Fsp3) is 0.300. The van der Waals surface area contributed by atoms with Crippen LogP contribution in [-0.4, -0.2) is 48.6 Å². The van der Waals surface area contributed by atoms with E-state index in [1.54, 1.807) is 0 Å². The summed E-state index contributed by atoms with van der Waals surface area (Å²) in [4.78, 5) is 21.1. The van der Waals surface area contributed by atoms with Crippen LogP contribution >= 0.6 is 0 Å². The van der Waals surface area contributed by atoms with E-state index >= 15 is 0 Å². The molecule has 1 heterocycles. The Morgan fingerprint density at radius 1 is 1.45 bits per heavy atom. The third-order valence-electron chi connectivity index (χ3n) is 2.71. The lowest BCUT2D eigenvalue weighted by Gasteiger charge is -2.04. The van der Waals surface area contributed by atoms with Crippen molar-refractivity contribution >= 4 is 21.9 Å². The van der Waals surface area contributed by atoms with Crippen molar-refractivity contribution in [2.45, 2.75) is 10.9 Å². The molecule has 2 rings (SSSR count). The van der Waals surface area contributed by atoms with Crippen LogP contribution in [0.3, 0.4) is 0 Å². The second-order valence-electron chi connectivity index (χ2n) is 4.08. The number of nitro benzene ring substituents is 1. The number of benzene rings is 1. The second-order valence-corrected chi connectivity index (χ2v) is 5.69. The molecule has 10 heteroatoms. The Hall–Kier alpha value is -2.20. The normalized spacial score (nSPS) is 17.8. The number of carbonyl (C=O) groups is 1. The van der Waals surface area contributed by atoms with Crippen molar-refractivity contribution in [2.24, 2.45) is 0 Å². The first-order valence-corrected chi connectivity index (χ1v) is 6.85. The third kappa shape index (κ3) is 3.03. The Morgan fingerprint density at radius 2 is 2.05 bits per heavy atom. The van der Waals surface area contributed by atoms with Gasteiger partial charge in [-0.3, -0.25) is 19.2 Å². The lowest BCUT2D eigenvalue weighted by atomic mass is 10.3. The van der Waals surface area contributed by atoms with Crippen LogP contribution in [0.5, 0.6) is 0 Å². The van der Waals surface area contributed by atoms with Crippen LogP contribution in [0.2, 0.25) is 0 Å². The van der Waals surface area contributed by atoms with Crippen LogP contribution in [0.25, 0.3) is 0 Å². The van der Waals surface area contributed by atoms with Crippen molar-refractivity contribution < 1.29 is 27.4 Å². The summed E-state index contributed by atoms with van der Waals surface area (Å²) in [7, 11) is -4.05. The van der Waals surface area contributed by atoms with Gasteiger partial charge in [0.25, 0.3) is 15.8 Å². The van der Waals surface area contributed by atoms with E-state index in [1.165, 1.54) is 0 Å². The first-order chi connectivity index (χ1) is 9.31. The Labute approximate surface area is 113 Å². The van der Waals surface area contributed by atoms with Crippen molar-refractivity contribution in [3.8, 4) is 0 Å². The van der Waals surface area contributed by atoms with Crippen LogP contribution in [0.15, 0.2) is 29.2 Å². The molecule has 1 aromatic carbocycles. The molecule has 1 amide bonds. The maximum absolute atomic E-state index is 11.8. The maximum atomic E-state index is 11.8. The molecule has 0 aliphatic carbocycles. The summed E-state index contributed by atoms with van der Waals surface area (Å²) < 4.78 is 28.2. The Kier molecular flexibility index (Phi) is 3.59. The number of hydrogen-bond acceptors (Lipinski definition) is 6. The Bertz CT molecular complexity index is 640. The molecule has 1 fully saturated rings. The van der Waals surface area contributed by atoms with Gasteiger partial charge in [-0.15, -0.1) is 0 Å². The van der Waals surface area contributed by atoms with Crippen LogP contribution < -0.4 is 0 Å². The molecule has 1 atom stereocenters. The summed E-state index contributed by atoms with van der Waals surface area (Å²) in [5.41, 5.74) is -0.233. The van der Waals surface area contributed by atoms with Gasteiger partial charge in [0, 0.05) is 18.7 Å². The standard InChI is InChI=1S/C10H10N2O7S/c13-10(14)11-5-8(11)6-19-20(17,18)9-3-1-7(2-4-9)12(15)16/h1-4,8H,5-6H2,(H,13,14)/t8-,11?/m1/s1. The topological polar surface area (TPSA) is 127 Å². The summed E-state index contributed by atoms with van der Waals surface area (Å²) in [6.07, 6.45) is -1.13. The monoisotopic (exact) mass is 302 g/mol. The van der Waals surface area contributed by atoms with E-state index in [0.29, 0.717) is 0 Å². The highest BCUT2D eigenvalue weighted by molar-refractivity contribution is 7.86. The number of amides is 1. The smallest absolute Gasteiger partial charge is 0.407 e. The van der Waals surface area contributed by atoms with E-state index in [9.17, 15) is 23.3 Å². The fourth-order valence-electron chi connectivity index (χ4n) is 1.53. The van der Waals surface area contributed by atoms with E-state index in [0.717, 1.165) is 29.2 Å². The number of nitro groups is 1. The van der Waals surface area contributed by atoms with Gasteiger partial charge in [0.2, 0.25) is 0 Å². The predicted octanol–water partition coefficient (Wildman–Crippen LogP) is 0.662. The molecule has 1 aliphatic rings. The SMILES string of the molecule is O=C(O)N1C[C@@H]1COS(=O)(=O)c1ccc([N+](=O)[O-])cc1. The molecule has 0 aromatic heterocycles. The Balaban J connectivity index is 2.00. The highest BCUT2D eigenvalue weighted by Crippen LogP contribution is 2.21. The zero-order valence-corrected chi connectivity index (χ0v) is 10.8. The average molecular weight is 302 g/mol. The molecule has 1 saturated heterocycles. The molecular weight excluding hydrogens is 292 g/mol. The molecule has 0 radical (unpaired) electrons. The maximum Gasteiger partial charge on any atom is 0.407 e. The summed E-state index contributed by atoms with van der Waals surface area (Å²) in [6.45, 7) is -0.0449. The zero-order valence-electron chi connectivity index (χ0n) is 10.0. The highest BCUT2D eigenvalue weighted by atomic mass is 32.2. The van der Waals surface area contributed by atoms with Gasteiger partial charge in [-0.1, -0.05) is 0 Å². The zero-order chi connectivity index (χ0) is 14.9. The van der Waals surface area contributed by atoms with E-state index in [2.05, 4.69) is 0 Å². The van der Waals surface area contributed by atoms with Crippen LogP contribution in [0.4, 0.5) is 10.5 Å². The molecule has 1 aliphatic heterocycles. The molecule has 9 nitrogen and oxygen atoms in total.